The Kier molecular flexibility index (Phi) is 5.08. The summed E-state index contributed by atoms with van der Waals surface area (Å²) in [6, 6.07) is 9.08. The molecule has 1 aromatic heterocycles. The molecule has 3 N–H and O–H groups in total. The van der Waals surface area contributed by atoms with Gasteiger partial charge < -0.3 is 15.8 Å². The lowest BCUT2D eigenvalue weighted by Gasteiger charge is -2.05. The summed E-state index contributed by atoms with van der Waals surface area (Å²) in [5.41, 5.74) is 8.01. The Morgan fingerprint density at radius 1 is 1.38 bits per heavy atom. The van der Waals surface area contributed by atoms with Crippen LogP contribution < -0.4 is 11.1 Å². The second-order valence-electron chi connectivity index (χ2n) is 4.74. The molecule has 2 rings (SSSR count). The lowest BCUT2D eigenvalue weighted by Crippen LogP contribution is -2.14. The first-order valence-corrected chi connectivity index (χ1v) is 6.76. The first-order valence-electron chi connectivity index (χ1n) is 6.76. The van der Waals surface area contributed by atoms with Crippen LogP contribution in [0.3, 0.4) is 0 Å². The van der Waals surface area contributed by atoms with Crippen molar-refractivity contribution in [2.45, 2.75) is 13.0 Å². The van der Waals surface area contributed by atoms with Crippen molar-refractivity contribution in [3.05, 3.63) is 47.2 Å². The zero-order valence-corrected chi connectivity index (χ0v) is 12.3. The Morgan fingerprint density at radius 3 is 2.71 bits per heavy atom. The zero-order chi connectivity index (χ0) is 15.2. The number of anilines is 1. The minimum Gasteiger partial charge on any atom is -0.384 e. The Balaban J connectivity index is 2.06. The first-order chi connectivity index (χ1) is 10.1. The third kappa shape index (κ3) is 3.90. The van der Waals surface area contributed by atoms with E-state index in [0.717, 1.165) is 11.3 Å². The number of benzene rings is 1. The molecule has 6 nitrogen and oxygen atoms in total. The van der Waals surface area contributed by atoms with Gasteiger partial charge in [0.05, 0.1) is 12.3 Å². The Hall–Kier alpha value is -2.18. The van der Waals surface area contributed by atoms with Crippen molar-refractivity contribution in [3.8, 4) is 0 Å². The number of aryl methyl sites for hydroxylation is 1. The Morgan fingerprint density at radius 2 is 2.10 bits per heavy atom. The van der Waals surface area contributed by atoms with Crippen LogP contribution in [-0.4, -0.2) is 29.4 Å². The summed E-state index contributed by atoms with van der Waals surface area (Å²) >= 11 is 0. The topological polar surface area (TPSA) is 82.2 Å². The van der Waals surface area contributed by atoms with Crippen LogP contribution in [0.4, 0.5) is 5.82 Å². The van der Waals surface area contributed by atoms with Crippen LogP contribution in [0.1, 0.15) is 21.6 Å². The predicted octanol–water partition coefficient (Wildman–Crippen LogP) is 1.32. The number of hydrogen-bond donors (Lipinski definition) is 2. The molecular formula is C15H20N4O2. The van der Waals surface area contributed by atoms with Crippen LogP contribution in [0, 0.1) is 0 Å². The number of methoxy groups -OCH3 is 1. The van der Waals surface area contributed by atoms with Gasteiger partial charge in [0, 0.05) is 38.8 Å². The van der Waals surface area contributed by atoms with Gasteiger partial charge in [0.25, 0.3) is 5.91 Å². The van der Waals surface area contributed by atoms with Gasteiger partial charge in [-0.2, -0.15) is 5.10 Å². The number of hydrogen-bond acceptors (Lipinski definition) is 4. The number of nitrogens with two attached hydrogens (primary N) is 1. The monoisotopic (exact) mass is 288 g/mol. The number of aromatic nitrogens is 2. The molecule has 0 atom stereocenters. The lowest BCUT2D eigenvalue weighted by atomic mass is 10.1. The quantitative estimate of drug-likeness (QED) is 0.840. The summed E-state index contributed by atoms with van der Waals surface area (Å²) < 4.78 is 6.67. The normalized spacial score (nSPS) is 10.6. The fourth-order valence-electron chi connectivity index (χ4n) is 1.95. The van der Waals surface area contributed by atoms with Crippen LogP contribution in [-0.2, 0) is 24.8 Å². The molecule has 0 bridgehead atoms. The number of carbonyl (C=O) groups is 1. The first kappa shape index (κ1) is 15.2. The second-order valence-corrected chi connectivity index (χ2v) is 4.74. The van der Waals surface area contributed by atoms with Gasteiger partial charge in [0.1, 0.15) is 5.82 Å². The average Bonchev–Trinajstić information content (AvgIpc) is 2.85. The van der Waals surface area contributed by atoms with Crippen LogP contribution >= 0.6 is 0 Å². The molecule has 0 radical (unpaired) electrons. The van der Waals surface area contributed by atoms with Gasteiger partial charge in [-0.25, -0.2) is 0 Å². The summed E-state index contributed by atoms with van der Waals surface area (Å²) in [5, 5.41) is 7.18. The zero-order valence-electron chi connectivity index (χ0n) is 12.3. The molecule has 112 valence electrons. The molecule has 0 aliphatic rings. The maximum Gasteiger partial charge on any atom is 0.256 e. The highest BCUT2D eigenvalue weighted by atomic mass is 16.5. The number of nitrogens with zero attached hydrogens (tertiary/aromatic N) is 2. The van der Waals surface area contributed by atoms with Gasteiger partial charge in [-0.3, -0.25) is 9.48 Å². The van der Waals surface area contributed by atoms with E-state index in [9.17, 15) is 4.79 Å². The van der Waals surface area contributed by atoms with E-state index >= 15 is 0 Å². The SMILES string of the molecule is COCCc1cc(NC(=O)c2ccc(CN)cc2)n(C)n1. The van der Waals surface area contributed by atoms with E-state index in [-0.39, 0.29) is 5.91 Å². The van der Waals surface area contributed by atoms with Gasteiger partial charge in [-0.1, -0.05) is 12.1 Å². The van der Waals surface area contributed by atoms with E-state index in [1.165, 1.54) is 0 Å². The van der Waals surface area contributed by atoms with Crippen molar-refractivity contribution in [1.82, 2.24) is 9.78 Å². The van der Waals surface area contributed by atoms with Crippen LogP contribution in [0.25, 0.3) is 0 Å². The Bertz CT molecular complexity index is 605. The van der Waals surface area contributed by atoms with E-state index in [1.54, 1.807) is 31.0 Å². The van der Waals surface area contributed by atoms with Crippen LogP contribution in [0.5, 0.6) is 0 Å². The van der Waals surface area contributed by atoms with Gasteiger partial charge in [0.2, 0.25) is 0 Å². The molecule has 0 aliphatic heterocycles. The summed E-state index contributed by atoms with van der Waals surface area (Å²) in [5.74, 6) is 0.494. The highest BCUT2D eigenvalue weighted by Gasteiger charge is 2.10. The molecule has 0 unspecified atom stereocenters. The lowest BCUT2D eigenvalue weighted by molar-refractivity contribution is 0.102. The molecule has 1 heterocycles. The molecule has 1 amide bonds. The number of carbonyl (C=O) groups excluding carboxylic acids is 1. The highest BCUT2D eigenvalue weighted by Crippen LogP contribution is 2.12. The highest BCUT2D eigenvalue weighted by molar-refractivity contribution is 6.03. The van der Waals surface area contributed by atoms with Crippen molar-refractivity contribution in [1.29, 1.82) is 0 Å². The number of ether oxygens (including phenoxy) is 1. The van der Waals surface area contributed by atoms with E-state index in [1.807, 2.05) is 18.2 Å². The second kappa shape index (κ2) is 7.01. The minimum atomic E-state index is -0.167. The summed E-state index contributed by atoms with van der Waals surface area (Å²) in [4.78, 5) is 12.2. The largest absolute Gasteiger partial charge is 0.384 e. The molecule has 0 saturated heterocycles. The average molecular weight is 288 g/mol. The maximum atomic E-state index is 12.2. The summed E-state index contributed by atoms with van der Waals surface area (Å²) in [7, 11) is 3.44. The van der Waals surface area contributed by atoms with Gasteiger partial charge in [0.15, 0.2) is 0 Å². The molecule has 0 fully saturated rings. The maximum absolute atomic E-state index is 12.2. The summed E-state index contributed by atoms with van der Waals surface area (Å²) in [6.07, 6.45) is 0.714. The fourth-order valence-corrected chi connectivity index (χ4v) is 1.95. The van der Waals surface area contributed by atoms with Crippen molar-refractivity contribution in [3.63, 3.8) is 0 Å². The minimum absolute atomic E-state index is 0.167. The number of rotatable bonds is 6. The van der Waals surface area contributed by atoms with Crippen molar-refractivity contribution < 1.29 is 9.53 Å². The van der Waals surface area contributed by atoms with Gasteiger partial charge >= 0.3 is 0 Å². The molecule has 1 aromatic carbocycles. The van der Waals surface area contributed by atoms with Gasteiger partial charge in [-0.15, -0.1) is 0 Å². The molecule has 21 heavy (non-hydrogen) atoms. The summed E-state index contributed by atoms with van der Waals surface area (Å²) in [6.45, 7) is 1.07. The number of nitrogens with one attached hydrogen (secondary N) is 1. The van der Waals surface area contributed by atoms with Crippen molar-refractivity contribution in [2.24, 2.45) is 12.8 Å². The van der Waals surface area contributed by atoms with E-state index in [2.05, 4.69) is 10.4 Å². The van der Waals surface area contributed by atoms with E-state index in [0.29, 0.717) is 31.0 Å². The van der Waals surface area contributed by atoms with Crippen molar-refractivity contribution >= 4 is 11.7 Å². The standard InChI is InChI=1S/C15H20N4O2/c1-19-14(9-13(18-19)7-8-21-2)17-15(20)12-5-3-11(10-16)4-6-12/h3-6,9H,7-8,10,16H2,1-2H3,(H,17,20). The molecule has 0 spiro atoms. The van der Waals surface area contributed by atoms with Crippen LogP contribution in [0.2, 0.25) is 0 Å². The predicted molar refractivity (Wildman–Crippen MR) is 81.1 cm³/mol. The molecular weight excluding hydrogens is 268 g/mol. The van der Waals surface area contributed by atoms with E-state index < -0.39 is 0 Å². The fraction of sp³-hybridized carbons (Fsp3) is 0.333. The number of amides is 1. The molecule has 0 aliphatic carbocycles. The van der Waals surface area contributed by atoms with Crippen LogP contribution in [0.15, 0.2) is 30.3 Å². The molecule has 6 heteroatoms. The van der Waals surface area contributed by atoms with E-state index in [4.69, 9.17) is 10.5 Å². The smallest absolute Gasteiger partial charge is 0.256 e. The third-order valence-electron chi connectivity index (χ3n) is 3.19. The molecule has 2 aromatic rings. The van der Waals surface area contributed by atoms with Gasteiger partial charge in [-0.05, 0) is 17.7 Å². The third-order valence-corrected chi connectivity index (χ3v) is 3.19. The van der Waals surface area contributed by atoms with Crippen molar-refractivity contribution in [2.75, 3.05) is 19.0 Å². The Labute approximate surface area is 123 Å². The molecule has 0 saturated carbocycles.